The molecule has 7 nitrogen and oxygen atoms in total. The molecular formula is C39H29ClF2IN7. The van der Waals surface area contributed by atoms with Crippen molar-refractivity contribution in [3.63, 3.8) is 0 Å². The molecule has 0 saturated carbocycles. The second kappa shape index (κ2) is 14.0. The highest BCUT2D eigenvalue weighted by Crippen LogP contribution is 2.32. The second-order valence-corrected chi connectivity index (χ2v) is 13.1. The third kappa shape index (κ3) is 6.36. The molecule has 8 aromatic rings. The summed E-state index contributed by atoms with van der Waals surface area (Å²) in [6, 6.07) is 29.4. The molecule has 0 bridgehead atoms. The van der Waals surface area contributed by atoms with Crippen LogP contribution in [-0.4, -0.2) is 29.7 Å². The van der Waals surface area contributed by atoms with E-state index in [-0.39, 0.29) is 11.6 Å². The molecular weight excluding hydrogens is 767 g/mol. The Morgan fingerprint density at radius 2 is 1.26 bits per heavy atom. The van der Waals surface area contributed by atoms with Crippen LogP contribution in [0.5, 0.6) is 0 Å². The number of fused-ring (bicyclic) bond motifs is 3. The molecule has 248 valence electrons. The highest BCUT2D eigenvalue weighted by atomic mass is 127. The number of nitrogens with two attached hydrogens (primary N) is 1. The average Bonchev–Trinajstić information content (AvgIpc) is 3.44. The number of anilines is 1. The van der Waals surface area contributed by atoms with Gasteiger partial charge in [0.1, 0.15) is 27.5 Å². The smallest absolute Gasteiger partial charge is 0.164 e. The van der Waals surface area contributed by atoms with E-state index in [1.165, 1.54) is 18.5 Å². The molecule has 8 rings (SSSR count). The number of pyridine rings is 2. The average molecular weight is 796 g/mol. The lowest BCUT2D eigenvalue weighted by Gasteiger charge is -2.13. The molecule has 0 spiro atoms. The summed E-state index contributed by atoms with van der Waals surface area (Å²) in [7, 11) is 0. The summed E-state index contributed by atoms with van der Waals surface area (Å²) in [6.45, 7) is 4.38. The van der Waals surface area contributed by atoms with Gasteiger partial charge in [-0.05, 0) is 89.5 Å². The molecule has 4 aromatic heterocycles. The van der Waals surface area contributed by atoms with Crippen LogP contribution in [0.25, 0.3) is 55.4 Å². The van der Waals surface area contributed by atoms with E-state index >= 15 is 0 Å². The molecule has 0 saturated heterocycles. The van der Waals surface area contributed by atoms with Gasteiger partial charge in [0.2, 0.25) is 0 Å². The van der Waals surface area contributed by atoms with Gasteiger partial charge in [-0.3, -0.25) is 0 Å². The predicted molar refractivity (Wildman–Crippen MR) is 205 cm³/mol. The molecule has 11 heteroatoms. The molecule has 0 fully saturated rings. The van der Waals surface area contributed by atoms with Crippen molar-refractivity contribution >= 4 is 72.8 Å². The Morgan fingerprint density at radius 1 is 0.720 bits per heavy atom. The van der Waals surface area contributed by atoms with Crippen LogP contribution in [0.3, 0.4) is 0 Å². The van der Waals surface area contributed by atoms with Crippen molar-refractivity contribution in [3.8, 4) is 22.5 Å². The zero-order chi connectivity index (χ0) is 34.9. The van der Waals surface area contributed by atoms with Crippen molar-refractivity contribution in [2.45, 2.75) is 26.3 Å². The van der Waals surface area contributed by atoms with Gasteiger partial charge < -0.3 is 5.73 Å². The fraction of sp³-hybridized carbons (Fsp3) is 0.103. The van der Waals surface area contributed by atoms with Gasteiger partial charge in [-0.2, -0.15) is 5.10 Å². The van der Waals surface area contributed by atoms with Crippen LogP contribution in [0, 0.1) is 29.2 Å². The Labute approximate surface area is 305 Å². The van der Waals surface area contributed by atoms with Crippen molar-refractivity contribution in [1.29, 1.82) is 0 Å². The topological polar surface area (TPSA) is 95.4 Å². The van der Waals surface area contributed by atoms with Crippen LogP contribution in [0.15, 0.2) is 103 Å². The van der Waals surface area contributed by atoms with Gasteiger partial charge >= 0.3 is 0 Å². The molecule has 0 atom stereocenters. The van der Waals surface area contributed by atoms with Crippen LogP contribution in [0.4, 0.5) is 14.6 Å². The minimum Gasteiger partial charge on any atom is -0.383 e. The van der Waals surface area contributed by atoms with Crippen molar-refractivity contribution in [2.24, 2.45) is 0 Å². The Bertz CT molecular complexity index is 2550. The number of benzene rings is 4. The van der Waals surface area contributed by atoms with E-state index in [9.17, 15) is 8.78 Å². The van der Waals surface area contributed by atoms with Crippen LogP contribution in [0.2, 0.25) is 0 Å². The van der Waals surface area contributed by atoms with Gasteiger partial charge in [-0.15, -0.1) is 11.6 Å². The monoisotopic (exact) mass is 795 g/mol. The highest BCUT2D eigenvalue weighted by Gasteiger charge is 2.19. The molecule has 4 aromatic carbocycles. The third-order valence-corrected chi connectivity index (χ3v) is 9.53. The molecule has 0 aliphatic heterocycles. The zero-order valence-electron chi connectivity index (χ0n) is 27.0. The Balaban J connectivity index is 0.000000170. The summed E-state index contributed by atoms with van der Waals surface area (Å²) in [5.74, 6) is 0.0998. The molecule has 0 aliphatic rings. The van der Waals surface area contributed by atoms with Gasteiger partial charge in [0.25, 0.3) is 0 Å². The van der Waals surface area contributed by atoms with Gasteiger partial charge in [0.05, 0.1) is 34.4 Å². The SMILES string of the molecule is Cc1cccc2cc(CCl)c(-c3ccccc3F)nc12.Cc1cccc2cc(Cn3nc(I)c4c(N)ncnc43)c(-c3ccccc3F)nc12. The maximum absolute atomic E-state index is 14.7. The first-order valence-corrected chi connectivity index (χ1v) is 17.3. The highest BCUT2D eigenvalue weighted by molar-refractivity contribution is 14.1. The molecule has 0 unspecified atom stereocenters. The fourth-order valence-corrected chi connectivity index (χ4v) is 7.02. The summed E-state index contributed by atoms with van der Waals surface area (Å²) in [6.07, 6.45) is 1.42. The standard InChI is InChI=1S/C22H16FIN6.C17H13ClFN/c1-12-5-4-6-13-9-14(19(28-18(12)13)15-7-2-3-8-16(15)23)10-30-22-17(20(24)29-30)21(25)26-11-27-22;1-11-5-4-6-12-9-13(10-18)17(20-16(11)12)14-7-2-3-8-15(14)19/h2-9,11H,10H2,1H3,(H2,25,26,27);2-9H,10H2,1H3. The number of nitrogen functional groups attached to an aromatic ring is 1. The normalized spacial score (nSPS) is 11.2. The Hall–Kier alpha value is -5.07. The van der Waals surface area contributed by atoms with Crippen LogP contribution in [-0.2, 0) is 12.4 Å². The summed E-state index contributed by atoms with van der Waals surface area (Å²) < 4.78 is 31.2. The van der Waals surface area contributed by atoms with E-state index in [1.807, 2.05) is 68.4 Å². The van der Waals surface area contributed by atoms with E-state index < -0.39 is 0 Å². The van der Waals surface area contributed by atoms with Crippen molar-refractivity contribution in [2.75, 3.05) is 5.73 Å². The number of aryl methyl sites for hydroxylation is 2. The lowest BCUT2D eigenvalue weighted by atomic mass is 10.0. The van der Waals surface area contributed by atoms with E-state index in [2.05, 4.69) is 42.6 Å². The van der Waals surface area contributed by atoms with E-state index in [4.69, 9.17) is 22.3 Å². The van der Waals surface area contributed by atoms with E-state index in [0.717, 1.165) is 53.1 Å². The van der Waals surface area contributed by atoms with Crippen LogP contribution < -0.4 is 5.73 Å². The largest absolute Gasteiger partial charge is 0.383 e. The predicted octanol–water partition coefficient (Wildman–Crippen LogP) is 9.81. The Morgan fingerprint density at radius 3 is 1.82 bits per heavy atom. The summed E-state index contributed by atoms with van der Waals surface area (Å²) >= 11 is 8.14. The van der Waals surface area contributed by atoms with E-state index in [1.54, 1.807) is 35.0 Å². The number of nitrogens with zero attached hydrogens (tertiary/aromatic N) is 6. The Kier molecular flexibility index (Phi) is 9.39. The molecule has 0 aliphatic carbocycles. The van der Waals surface area contributed by atoms with Gasteiger partial charge in [-0.25, -0.2) is 33.4 Å². The number of alkyl halides is 1. The molecule has 2 N–H and O–H groups in total. The number of halogens is 4. The summed E-state index contributed by atoms with van der Waals surface area (Å²) in [5, 5.41) is 7.34. The first kappa shape index (κ1) is 33.4. The number of hydrogen-bond donors (Lipinski definition) is 1. The lowest BCUT2D eigenvalue weighted by Crippen LogP contribution is -2.07. The maximum Gasteiger partial charge on any atom is 0.164 e. The first-order valence-electron chi connectivity index (χ1n) is 15.7. The van der Waals surface area contributed by atoms with Gasteiger partial charge in [-0.1, -0.05) is 60.7 Å². The van der Waals surface area contributed by atoms with Gasteiger partial charge in [0.15, 0.2) is 5.65 Å². The lowest BCUT2D eigenvalue weighted by molar-refractivity contribution is 0.629. The van der Waals surface area contributed by atoms with Crippen LogP contribution in [0.1, 0.15) is 22.3 Å². The van der Waals surface area contributed by atoms with Gasteiger partial charge in [0, 0.05) is 33.3 Å². The quantitative estimate of drug-likeness (QED) is 0.138. The van der Waals surface area contributed by atoms with Crippen molar-refractivity contribution in [1.82, 2.24) is 29.7 Å². The van der Waals surface area contributed by atoms with Crippen molar-refractivity contribution in [3.05, 3.63) is 141 Å². The fourth-order valence-electron chi connectivity index (χ4n) is 6.03. The molecule has 0 radical (unpaired) electrons. The van der Waals surface area contributed by atoms with Crippen molar-refractivity contribution < 1.29 is 8.78 Å². The molecule has 50 heavy (non-hydrogen) atoms. The third-order valence-electron chi connectivity index (χ3n) is 8.49. The maximum atomic E-state index is 14.7. The number of rotatable bonds is 5. The summed E-state index contributed by atoms with van der Waals surface area (Å²) in [4.78, 5) is 17.9. The zero-order valence-corrected chi connectivity index (χ0v) is 29.9. The van der Waals surface area contributed by atoms with Crippen LogP contribution >= 0.6 is 34.2 Å². The minimum absolute atomic E-state index is 0.278. The number of aromatic nitrogens is 6. The number of para-hydroxylation sites is 2. The molecule has 4 heterocycles. The number of hydrogen-bond acceptors (Lipinski definition) is 6. The van der Waals surface area contributed by atoms with E-state index in [0.29, 0.717) is 46.4 Å². The first-order chi connectivity index (χ1) is 24.2. The minimum atomic E-state index is -0.314. The molecule has 0 amide bonds. The summed E-state index contributed by atoms with van der Waals surface area (Å²) in [5.41, 5.74) is 14.4. The second-order valence-electron chi connectivity index (χ2n) is 11.8.